The Morgan fingerprint density at radius 1 is 1.03 bits per heavy atom. The predicted molar refractivity (Wildman–Crippen MR) is 134 cm³/mol. The smallest absolute Gasteiger partial charge is 0.165 e. The summed E-state index contributed by atoms with van der Waals surface area (Å²) in [5, 5.41) is 0. The number of rotatable bonds is 4. The maximum absolute atomic E-state index is 7.15. The van der Waals surface area contributed by atoms with Crippen molar-refractivity contribution in [1.82, 2.24) is 4.90 Å². The minimum Gasteiger partial charge on any atom is -0.493 e. The van der Waals surface area contributed by atoms with Crippen LogP contribution in [0, 0.1) is 17.3 Å². The number of nitrogens with zero attached hydrogens (tertiary/aromatic N) is 1. The molecular formula is C30H43NO3. The lowest BCUT2D eigenvalue weighted by Gasteiger charge is -2.74. The highest BCUT2D eigenvalue weighted by atomic mass is 16.6. The maximum atomic E-state index is 7.15. The first-order valence-corrected chi connectivity index (χ1v) is 14.2. The highest BCUT2D eigenvalue weighted by Gasteiger charge is 2.80. The van der Waals surface area contributed by atoms with E-state index in [1.165, 1.54) is 81.8 Å². The molecule has 0 radical (unpaired) electrons. The van der Waals surface area contributed by atoms with E-state index in [1.807, 2.05) is 7.11 Å². The molecule has 1 saturated heterocycles. The Labute approximate surface area is 205 Å². The fourth-order valence-corrected chi connectivity index (χ4v) is 10.4. The lowest BCUT2D eigenvalue weighted by Crippen LogP contribution is -2.80. The molecule has 1 aromatic rings. The van der Waals surface area contributed by atoms with Crippen LogP contribution in [0.15, 0.2) is 12.1 Å². The van der Waals surface area contributed by atoms with E-state index in [9.17, 15) is 0 Å². The lowest BCUT2D eigenvalue weighted by molar-refractivity contribution is -0.278. The van der Waals surface area contributed by atoms with Gasteiger partial charge in [-0.3, -0.25) is 0 Å². The molecule has 4 bridgehead atoms. The van der Waals surface area contributed by atoms with Crippen LogP contribution in [0.5, 0.6) is 11.5 Å². The molecule has 0 aromatic heterocycles. The Morgan fingerprint density at radius 3 is 2.59 bits per heavy atom. The molecule has 186 valence electrons. The van der Waals surface area contributed by atoms with Gasteiger partial charge in [0.15, 0.2) is 11.5 Å². The van der Waals surface area contributed by atoms with E-state index < -0.39 is 0 Å². The molecule has 2 heterocycles. The van der Waals surface area contributed by atoms with Crippen LogP contribution in [-0.2, 0) is 16.6 Å². The summed E-state index contributed by atoms with van der Waals surface area (Å²) in [6.45, 7) is 1.16. The highest BCUT2D eigenvalue weighted by Crippen LogP contribution is 2.77. The van der Waals surface area contributed by atoms with Crippen LogP contribution in [0.4, 0.5) is 0 Å². The zero-order valence-electron chi connectivity index (χ0n) is 21.5. The van der Waals surface area contributed by atoms with Gasteiger partial charge in [0, 0.05) is 29.5 Å². The fraction of sp³-hybridized carbons (Fsp3) is 0.800. The van der Waals surface area contributed by atoms with Crippen molar-refractivity contribution in [2.45, 2.75) is 107 Å². The quantitative estimate of drug-likeness (QED) is 0.555. The first-order valence-electron chi connectivity index (χ1n) is 14.2. The minimum atomic E-state index is -0.163. The lowest BCUT2D eigenvalue weighted by atomic mass is 9.34. The number of likely N-dealkylation sites (tertiary alicyclic amines) is 1. The molecule has 0 amide bonds. The normalized spacial score (nSPS) is 43.1. The molecule has 6 atom stereocenters. The molecule has 5 fully saturated rings. The summed E-state index contributed by atoms with van der Waals surface area (Å²) in [6.07, 6.45) is 17.6. The molecule has 34 heavy (non-hydrogen) atoms. The number of fused-ring (bicyclic) bond motifs is 2. The molecule has 8 rings (SSSR count). The third kappa shape index (κ3) is 2.53. The highest BCUT2D eigenvalue weighted by molar-refractivity contribution is 5.63. The van der Waals surface area contributed by atoms with E-state index in [0.29, 0.717) is 17.4 Å². The summed E-state index contributed by atoms with van der Waals surface area (Å²) in [6, 6.07) is 5.12. The van der Waals surface area contributed by atoms with Crippen molar-refractivity contribution in [2.24, 2.45) is 17.3 Å². The van der Waals surface area contributed by atoms with Crippen LogP contribution >= 0.6 is 0 Å². The molecule has 0 N–H and O–H groups in total. The second-order valence-corrected chi connectivity index (χ2v) is 12.7. The molecular weight excluding hydrogens is 422 g/mol. The summed E-state index contributed by atoms with van der Waals surface area (Å²) in [7, 11) is 6.19. The summed E-state index contributed by atoms with van der Waals surface area (Å²) < 4.78 is 19.8. The van der Waals surface area contributed by atoms with Crippen molar-refractivity contribution in [2.75, 3.05) is 27.8 Å². The summed E-state index contributed by atoms with van der Waals surface area (Å²) >= 11 is 0. The predicted octanol–water partition coefficient (Wildman–Crippen LogP) is 5.89. The van der Waals surface area contributed by atoms with Crippen LogP contribution in [-0.4, -0.2) is 50.5 Å². The molecule has 4 nitrogen and oxygen atoms in total. The molecule has 2 aliphatic heterocycles. The van der Waals surface area contributed by atoms with Crippen molar-refractivity contribution in [3.63, 3.8) is 0 Å². The van der Waals surface area contributed by atoms with Crippen molar-refractivity contribution < 1.29 is 14.2 Å². The van der Waals surface area contributed by atoms with Crippen molar-refractivity contribution >= 4 is 0 Å². The van der Waals surface area contributed by atoms with Gasteiger partial charge >= 0.3 is 0 Å². The summed E-state index contributed by atoms with van der Waals surface area (Å²) in [5.41, 5.74) is 3.26. The van der Waals surface area contributed by atoms with E-state index in [0.717, 1.165) is 36.8 Å². The van der Waals surface area contributed by atoms with E-state index in [1.54, 1.807) is 7.11 Å². The van der Waals surface area contributed by atoms with Gasteiger partial charge in [0.1, 0.15) is 11.7 Å². The van der Waals surface area contributed by atoms with Crippen LogP contribution < -0.4 is 9.47 Å². The van der Waals surface area contributed by atoms with E-state index in [2.05, 4.69) is 24.1 Å². The molecule has 7 aliphatic rings. The van der Waals surface area contributed by atoms with Crippen LogP contribution in [0.1, 0.15) is 88.2 Å². The zero-order valence-corrected chi connectivity index (χ0v) is 21.5. The minimum absolute atomic E-state index is 0.0906. The Bertz CT molecular complexity index is 970. The van der Waals surface area contributed by atoms with Gasteiger partial charge in [0.05, 0.1) is 7.11 Å². The first-order chi connectivity index (χ1) is 16.6. The number of methoxy groups -OCH3 is 2. The third-order valence-corrected chi connectivity index (χ3v) is 11.8. The number of benzene rings is 1. The average molecular weight is 466 g/mol. The van der Waals surface area contributed by atoms with Gasteiger partial charge in [-0.1, -0.05) is 51.0 Å². The van der Waals surface area contributed by atoms with Crippen LogP contribution in [0.2, 0.25) is 0 Å². The van der Waals surface area contributed by atoms with Gasteiger partial charge in [-0.05, 0) is 75.6 Å². The van der Waals surface area contributed by atoms with Gasteiger partial charge in [0.2, 0.25) is 0 Å². The Morgan fingerprint density at radius 2 is 1.82 bits per heavy atom. The summed E-state index contributed by atoms with van der Waals surface area (Å²) in [5.74, 6) is 3.45. The van der Waals surface area contributed by atoms with Gasteiger partial charge < -0.3 is 19.1 Å². The second-order valence-electron chi connectivity index (χ2n) is 12.7. The molecule has 2 spiro atoms. The zero-order chi connectivity index (χ0) is 23.1. The largest absolute Gasteiger partial charge is 0.493 e. The van der Waals surface area contributed by atoms with E-state index in [-0.39, 0.29) is 17.1 Å². The van der Waals surface area contributed by atoms with Crippen LogP contribution in [0.25, 0.3) is 0 Å². The first kappa shape index (κ1) is 22.0. The number of hydrogen-bond donors (Lipinski definition) is 0. The molecule has 5 aliphatic carbocycles. The number of piperidine rings is 1. The summed E-state index contributed by atoms with van der Waals surface area (Å²) in [4.78, 5) is 2.71. The van der Waals surface area contributed by atoms with E-state index >= 15 is 0 Å². The standard InChI is InChI=1S/C30H43NO3/c1-31-16-15-29-25-21-11-12-23(32-2)26(25)34-27(29)30(33-3)14-13-28(29,24(31)18-21)19-22(30)17-20-9-7-5-4-6-8-10-20/h11-12,20,22,24,27H,4-10,13-19H2,1-3H3/t22-,24+,27+,28?,29-,30+/m0/s1. The third-order valence-electron chi connectivity index (χ3n) is 11.8. The van der Waals surface area contributed by atoms with Gasteiger partial charge in [-0.25, -0.2) is 0 Å². The second kappa shape index (κ2) is 7.62. The monoisotopic (exact) mass is 465 g/mol. The Hall–Kier alpha value is -1.26. The van der Waals surface area contributed by atoms with Crippen molar-refractivity contribution in [3.05, 3.63) is 23.3 Å². The molecule has 1 aromatic carbocycles. The molecule has 4 heteroatoms. The molecule has 4 saturated carbocycles. The average Bonchev–Trinajstić information content (AvgIpc) is 3.20. The number of ether oxygens (including phenoxy) is 3. The van der Waals surface area contributed by atoms with Crippen LogP contribution in [0.3, 0.4) is 0 Å². The number of likely N-dealkylation sites (N-methyl/N-ethyl adjacent to an activating group) is 1. The Kier molecular flexibility index (Phi) is 4.93. The fourth-order valence-electron chi connectivity index (χ4n) is 10.4. The number of hydrogen-bond acceptors (Lipinski definition) is 4. The maximum Gasteiger partial charge on any atom is 0.165 e. The van der Waals surface area contributed by atoms with Crippen molar-refractivity contribution in [3.8, 4) is 11.5 Å². The van der Waals surface area contributed by atoms with Gasteiger partial charge in [-0.15, -0.1) is 0 Å². The van der Waals surface area contributed by atoms with Gasteiger partial charge in [0.25, 0.3) is 0 Å². The Balaban J connectivity index is 1.36. The van der Waals surface area contributed by atoms with Gasteiger partial charge in [-0.2, -0.15) is 0 Å². The topological polar surface area (TPSA) is 30.9 Å². The van der Waals surface area contributed by atoms with E-state index in [4.69, 9.17) is 14.2 Å². The van der Waals surface area contributed by atoms with Crippen molar-refractivity contribution in [1.29, 1.82) is 0 Å². The SMILES string of the molecule is COc1ccc2c3c1O[C@H]1[C@@]4(OC)CCC5(C[C@@H]4CC4CCCCCCC4)[C@@H](C2)N(C)CC[C@]315. The molecule has 1 unspecified atom stereocenters.